The SMILES string of the molecule is CC(=O)N[C@H](CCCCNC(=O)c1ccc(C(=O)O)c(-c2c3ccc(=O)cc-3oc3cc(O)ccc23)c1)C(=O)NCCOCC(=O)N[C@@H](C(=O)N[C@H](Cc1cnc[nH]1)C(=O)N[C@H](CCC(=O)O)C(N)=O)[C@H](C)O. The van der Waals surface area contributed by atoms with Crippen LogP contribution >= 0.6 is 0 Å². The van der Waals surface area contributed by atoms with Crippen LogP contribution in [-0.4, -0.2) is 140 Å². The third kappa shape index (κ3) is 15.9. The minimum absolute atomic E-state index is 0.115. The average Bonchev–Trinajstić information content (AvgIpc) is 3.85. The number of aromatic carboxylic acids is 1. The average molecular weight is 1010 g/mol. The number of aliphatic carboxylic acids is 1. The van der Waals surface area contributed by atoms with Gasteiger partial charge in [-0.05, 0) is 80.6 Å². The summed E-state index contributed by atoms with van der Waals surface area (Å²) in [6, 6.07) is 6.94. The summed E-state index contributed by atoms with van der Waals surface area (Å²) in [5.41, 5.74) is 6.43. The molecule has 2 heterocycles. The number of aliphatic hydroxyl groups is 1. The first-order valence-electron chi connectivity index (χ1n) is 22.8. The molecule has 25 heteroatoms. The Morgan fingerprint density at radius 1 is 0.808 bits per heavy atom. The van der Waals surface area contributed by atoms with E-state index in [-0.39, 0.29) is 78.2 Å². The number of phenolic OH excluding ortho intramolecular Hbond substituents is 1. The van der Waals surface area contributed by atoms with Gasteiger partial charge in [-0.25, -0.2) is 9.78 Å². The maximum atomic E-state index is 13.4. The van der Waals surface area contributed by atoms with Crippen LogP contribution in [0.15, 0.2) is 76.3 Å². The van der Waals surface area contributed by atoms with Gasteiger partial charge in [-0.15, -0.1) is 0 Å². The number of aliphatic hydroxyl groups excluding tert-OH is 1. The summed E-state index contributed by atoms with van der Waals surface area (Å²) in [5, 5.41) is 55.1. The van der Waals surface area contributed by atoms with Crippen molar-refractivity contribution in [2.45, 2.75) is 82.6 Å². The second-order valence-electron chi connectivity index (χ2n) is 16.8. The number of unbranched alkanes of at least 4 members (excludes halogenated alkanes) is 1. The standard InChI is InChI=1S/C48H55N9O16/c1-24(58)42(47(69)56-36(18-27-21-50-23-53-27)46(68)55-34(43(49)65)12-13-40(63)64)57-39(62)22-72-16-15-52-45(67)35(54-25(2)59)5-3-4-14-51-44(66)26-6-9-30(48(70)71)33(17-26)41-31-10-7-28(60)19-37(31)73-38-20-29(61)8-11-32(38)41/h6-11,17,19-21,23-24,34-36,42,58,60H,3-5,12-16,18,22H2,1-2H3,(H2,49,65)(H,50,53)(H,51,66)(H,52,67)(H,54,59)(H,55,68)(H,56,69)(H,57,62)(H,63,64)(H,70,71)/t24-,34+,35+,36+,42+/m0/s1. The molecule has 25 nitrogen and oxygen atoms in total. The number of carboxylic acid groups (broad SMARTS) is 2. The molecule has 0 radical (unpaired) electrons. The Labute approximate surface area is 415 Å². The van der Waals surface area contributed by atoms with E-state index in [0.717, 1.165) is 0 Å². The van der Waals surface area contributed by atoms with Gasteiger partial charge in [-0.1, -0.05) is 0 Å². The molecule has 73 heavy (non-hydrogen) atoms. The fourth-order valence-corrected chi connectivity index (χ4v) is 7.59. The number of nitrogens with zero attached hydrogens (tertiary/aromatic N) is 1. The lowest BCUT2D eigenvalue weighted by molar-refractivity contribution is -0.138. The van der Waals surface area contributed by atoms with Crippen LogP contribution in [0.25, 0.3) is 33.4 Å². The Morgan fingerprint density at radius 2 is 1.56 bits per heavy atom. The van der Waals surface area contributed by atoms with Crippen LogP contribution in [0.1, 0.15) is 72.4 Å². The van der Waals surface area contributed by atoms with Gasteiger partial charge in [0, 0.05) is 79.0 Å². The number of nitrogens with one attached hydrogen (secondary N) is 7. The molecule has 7 amide bonds. The second-order valence-corrected chi connectivity index (χ2v) is 16.8. The molecule has 0 fully saturated rings. The smallest absolute Gasteiger partial charge is 0.336 e. The van der Waals surface area contributed by atoms with Crippen LogP contribution in [0, 0.1) is 0 Å². The molecule has 0 bridgehead atoms. The lowest BCUT2D eigenvalue weighted by Crippen LogP contribution is -2.59. The van der Waals surface area contributed by atoms with E-state index in [4.69, 9.17) is 20.0 Å². The molecule has 1 aliphatic carbocycles. The molecule has 5 atom stereocenters. The first-order chi connectivity index (χ1) is 34.7. The number of aromatic nitrogens is 2. The third-order valence-corrected chi connectivity index (χ3v) is 11.1. The first kappa shape index (κ1) is 55.2. The van der Waals surface area contributed by atoms with E-state index in [0.29, 0.717) is 35.0 Å². The fraction of sp³-hybridized carbons (Fsp3) is 0.354. The summed E-state index contributed by atoms with van der Waals surface area (Å²) in [6.45, 7) is 1.61. The van der Waals surface area contributed by atoms with E-state index in [9.17, 15) is 63.3 Å². The van der Waals surface area contributed by atoms with E-state index >= 15 is 0 Å². The van der Waals surface area contributed by atoms with Crippen molar-refractivity contribution in [1.29, 1.82) is 0 Å². The molecule has 1 aromatic heterocycles. The van der Waals surface area contributed by atoms with Crippen LogP contribution < -0.4 is 43.1 Å². The van der Waals surface area contributed by atoms with Gasteiger partial charge >= 0.3 is 11.9 Å². The number of aromatic amines is 1. The number of nitrogens with two attached hydrogens (primary N) is 1. The van der Waals surface area contributed by atoms with Crippen LogP contribution in [0.2, 0.25) is 0 Å². The molecular weight excluding hydrogens is 959 g/mol. The Kier molecular flexibility index (Phi) is 19.6. The maximum absolute atomic E-state index is 13.4. The summed E-state index contributed by atoms with van der Waals surface area (Å²) in [4.78, 5) is 132. The number of hydrogen-bond donors (Lipinski definition) is 12. The number of amides is 7. The quantitative estimate of drug-likeness (QED) is 0.0236. The number of primary amides is 1. The number of imidazole rings is 1. The van der Waals surface area contributed by atoms with Crippen molar-refractivity contribution in [3.8, 4) is 28.2 Å². The van der Waals surface area contributed by atoms with E-state index in [1.807, 2.05) is 0 Å². The van der Waals surface area contributed by atoms with Crippen LogP contribution in [0.5, 0.6) is 5.75 Å². The van der Waals surface area contributed by atoms with Crippen LogP contribution in [0.4, 0.5) is 0 Å². The van der Waals surface area contributed by atoms with Gasteiger partial charge in [0.2, 0.25) is 35.4 Å². The summed E-state index contributed by atoms with van der Waals surface area (Å²) in [7, 11) is 0. The number of H-pyrrole nitrogens is 1. The summed E-state index contributed by atoms with van der Waals surface area (Å²) in [6.07, 6.45) is 1.04. The molecule has 388 valence electrons. The highest BCUT2D eigenvalue weighted by molar-refractivity contribution is 6.09. The van der Waals surface area contributed by atoms with Crippen molar-refractivity contribution in [1.82, 2.24) is 41.9 Å². The Morgan fingerprint density at radius 3 is 2.23 bits per heavy atom. The highest BCUT2D eigenvalue weighted by atomic mass is 16.5. The summed E-state index contributed by atoms with van der Waals surface area (Å²) < 4.78 is 11.2. The highest BCUT2D eigenvalue weighted by Gasteiger charge is 2.32. The molecule has 0 spiro atoms. The van der Waals surface area contributed by atoms with Crippen molar-refractivity contribution >= 4 is 64.3 Å². The van der Waals surface area contributed by atoms with Gasteiger partial charge in [-0.3, -0.25) is 43.2 Å². The normalized spacial score (nSPS) is 13.1. The van der Waals surface area contributed by atoms with Gasteiger partial charge in [0.1, 0.15) is 47.9 Å². The molecule has 13 N–H and O–H groups in total. The molecule has 2 aliphatic rings. The highest BCUT2D eigenvalue weighted by Crippen LogP contribution is 2.42. The number of rotatable bonds is 27. The number of carbonyl (C=O) groups is 9. The Balaban J connectivity index is 1.10. The van der Waals surface area contributed by atoms with Crippen LogP contribution in [0.3, 0.4) is 0 Å². The van der Waals surface area contributed by atoms with E-state index in [1.54, 1.807) is 0 Å². The molecule has 0 unspecified atom stereocenters. The lowest BCUT2D eigenvalue weighted by Gasteiger charge is -2.25. The number of phenols is 1. The number of aromatic hydroxyl groups is 1. The van der Waals surface area contributed by atoms with Crippen molar-refractivity contribution in [3.63, 3.8) is 0 Å². The molecule has 1 aliphatic heterocycles. The van der Waals surface area contributed by atoms with Crippen molar-refractivity contribution in [2.75, 3.05) is 26.3 Å². The predicted molar refractivity (Wildman–Crippen MR) is 257 cm³/mol. The van der Waals surface area contributed by atoms with Crippen molar-refractivity contribution in [2.24, 2.45) is 5.73 Å². The van der Waals surface area contributed by atoms with E-state index < -0.39 is 96.6 Å². The summed E-state index contributed by atoms with van der Waals surface area (Å²) >= 11 is 0. The predicted octanol–water partition coefficient (Wildman–Crippen LogP) is -0.343. The molecular formula is C48H55N9O16. The number of carbonyl (C=O) groups excluding carboxylic acids is 7. The van der Waals surface area contributed by atoms with Gasteiger partial charge in [0.05, 0.1) is 24.6 Å². The Hall–Kier alpha value is -8.71. The van der Waals surface area contributed by atoms with Gasteiger partial charge in [-0.2, -0.15) is 0 Å². The first-order valence-corrected chi connectivity index (χ1v) is 22.8. The minimum Gasteiger partial charge on any atom is -0.508 e. The number of ether oxygens (including phenoxy) is 1. The van der Waals surface area contributed by atoms with Crippen LogP contribution in [-0.2, 0) is 44.7 Å². The maximum Gasteiger partial charge on any atom is 0.336 e. The molecule has 2 aromatic carbocycles. The van der Waals surface area contributed by atoms with E-state index in [2.05, 4.69) is 41.9 Å². The lowest BCUT2D eigenvalue weighted by atomic mass is 9.89. The van der Waals surface area contributed by atoms with Gasteiger partial charge < -0.3 is 72.2 Å². The molecule has 5 rings (SSSR count). The fourth-order valence-electron chi connectivity index (χ4n) is 7.59. The van der Waals surface area contributed by atoms with E-state index in [1.165, 1.54) is 81.0 Å². The minimum atomic E-state index is -1.61. The number of benzene rings is 3. The third-order valence-electron chi connectivity index (χ3n) is 11.1. The zero-order valence-corrected chi connectivity index (χ0v) is 39.5. The second kappa shape index (κ2) is 25.9. The monoisotopic (exact) mass is 1010 g/mol. The number of hydrogen-bond acceptors (Lipinski definition) is 15. The zero-order valence-electron chi connectivity index (χ0n) is 39.5. The number of fused-ring (bicyclic) bond motifs is 2. The molecule has 3 aromatic rings. The van der Waals surface area contributed by atoms with Gasteiger partial charge in [0.15, 0.2) is 5.43 Å². The summed E-state index contributed by atoms with van der Waals surface area (Å²) in [5.74, 6) is -7.90. The van der Waals surface area contributed by atoms with Crippen molar-refractivity contribution in [3.05, 3.63) is 94.2 Å². The van der Waals surface area contributed by atoms with Gasteiger partial charge in [0.25, 0.3) is 5.91 Å². The molecule has 0 saturated carbocycles. The topological polar surface area (TPSA) is 401 Å². The molecule has 0 saturated heterocycles. The Bertz CT molecular complexity index is 2870. The number of carboxylic acids is 2. The largest absolute Gasteiger partial charge is 0.508 e. The zero-order chi connectivity index (χ0) is 53.4. The van der Waals surface area contributed by atoms with Crippen molar-refractivity contribution < 1.29 is 72.7 Å².